The van der Waals surface area contributed by atoms with Crippen molar-refractivity contribution < 1.29 is 0 Å². The molecule has 0 aromatic carbocycles. The van der Waals surface area contributed by atoms with E-state index in [2.05, 4.69) is 37.7 Å². The molecule has 0 saturated carbocycles. The average molecular weight is 282 g/mol. The Bertz CT molecular complexity index is 414. The Morgan fingerprint density at radius 3 is 2.74 bits per heavy atom. The average Bonchev–Trinajstić information content (AvgIpc) is 2.93. The van der Waals surface area contributed by atoms with E-state index in [1.165, 1.54) is 28.5 Å². The Labute approximate surface area is 120 Å². The maximum Gasteiger partial charge on any atom is 0.186 e. The standard InChI is InChI=1S/C14H26N4S/c1-10(2)13-12(8-15)19-14(16-13)18-7-5-6-11(18)9-17(3)4/h10-11H,5-9,15H2,1-4H3. The van der Waals surface area contributed by atoms with Gasteiger partial charge >= 0.3 is 0 Å². The van der Waals surface area contributed by atoms with E-state index in [4.69, 9.17) is 10.7 Å². The van der Waals surface area contributed by atoms with Crippen molar-refractivity contribution in [2.24, 2.45) is 5.73 Å². The largest absolute Gasteiger partial charge is 0.344 e. The van der Waals surface area contributed by atoms with Gasteiger partial charge in [0.15, 0.2) is 5.13 Å². The summed E-state index contributed by atoms with van der Waals surface area (Å²) in [7, 11) is 4.28. The zero-order chi connectivity index (χ0) is 14.0. The summed E-state index contributed by atoms with van der Waals surface area (Å²) in [6.07, 6.45) is 2.54. The molecule has 4 nitrogen and oxygen atoms in total. The molecule has 19 heavy (non-hydrogen) atoms. The molecule has 1 fully saturated rings. The van der Waals surface area contributed by atoms with Crippen LogP contribution < -0.4 is 10.6 Å². The predicted molar refractivity (Wildman–Crippen MR) is 83.0 cm³/mol. The first kappa shape index (κ1) is 14.8. The minimum atomic E-state index is 0.457. The molecule has 0 radical (unpaired) electrons. The van der Waals surface area contributed by atoms with E-state index < -0.39 is 0 Å². The molecule has 2 heterocycles. The monoisotopic (exact) mass is 282 g/mol. The summed E-state index contributed by atoms with van der Waals surface area (Å²) in [5.41, 5.74) is 7.05. The lowest BCUT2D eigenvalue weighted by molar-refractivity contribution is 0.372. The SMILES string of the molecule is CC(C)c1nc(N2CCCC2CN(C)C)sc1CN. The number of nitrogens with two attached hydrogens (primary N) is 1. The summed E-state index contributed by atoms with van der Waals surface area (Å²) in [5.74, 6) is 0.457. The van der Waals surface area contributed by atoms with E-state index in [1.807, 2.05) is 0 Å². The van der Waals surface area contributed by atoms with Crippen LogP contribution in [0.2, 0.25) is 0 Å². The second-order valence-electron chi connectivity index (χ2n) is 5.92. The number of aromatic nitrogens is 1. The lowest BCUT2D eigenvalue weighted by atomic mass is 10.1. The highest BCUT2D eigenvalue weighted by Gasteiger charge is 2.28. The zero-order valence-corrected chi connectivity index (χ0v) is 13.3. The first-order chi connectivity index (χ1) is 9.02. The van der Waals surface area contributed by atoms with Gasteiger partial charge in [-0.05, 0) is 32.9 Å². The van der Waals surface area contributed by atoms with Crippen LogP contribution in [-0.4, -0.2) is 43.1 Å². The first-order valence-corrected chi connectivity index (χ1v) is 7.95. The highest BCUT2D eigenvalue weighted by molar-refractivity contribution is 7.15. The second-order valence-corrected chi connectivity index (χ2v) is 6.98. The van der Waals surface area contributed by atoms with Gasteiger partial charge in [0.05, 0.1) is 5.69 Å². The summed E-state index contributed by atoms with van der Waals surface area (Å²) in [6, 6.07) is 0.604. The summed E-state index contributed by atoms with van der Waals surface area (Å²) in [5, 5.41) is 1.17. The van der Waals surface area contributed by atoms with Gasteiger partial charge in [-0.3, -0.25) is 0 Å². The smallest absolute Gasteiger partial charge is 0.186 e. The molecule has 2 rings (SSSR count). The molecule has 1 saturated heterocycles. The normalized spacial score (nSPS) is 19.9. The molecule has 0 bridgehead atoms. The van der Waals surface area contributed by atoms with E-state index in [1.54, 1.807) is 11.3 Å². The number of thiazole rings is 1. The number of likely N-dealkylation sites (N-methyl/N-ethyl adjacent to an activating group) is 1. The minimum Gasteiger partial charge on any atom is -0.344 e. The predicted octanol–water partition coefficient (Wildman–Crippen LogP) is 2.26. The molecular formula is C14H26N4S. The lowest BCUT2D eigenvalue weighted by Crippen LogP contribution is -2.37. The molecule has 0 spiro atoms. The van der Waals surface area contributed by atoms with Crippen LogP contribution in [0.3, 0.4) is 0 Å². The van der Waals surface area contributed by atoms with E-state index >= 15 is 0 Å². The van der Waals surface area contributed by atoms with Crippen molar-refractivity contribution in [3.8, 4) is 0 Å². The van der Waals surface area contributed by atoms with Crippen LogP contribution in [0.4, 0.5) is 5.13 Å². The van der Waals surface area contributed by atoms with Crippen molar-refractivity contribution >= 4 is 16.5 Å². The van der Waals surface area contributed by atoms with Gasteiger partial charge in [-0.1, -0.05) is 13.8 Å². The lowest BCUT2D eigenvalue weighted by Gasteiger charge is -2.26. The van der Waals surface area contributed by atoms with Gasteiger partial charge in [-0.2, -0.15) is 0 Å². The van der Waals surface area contributed by atoms with Crippen LogP contribution in [0.15, 0.2) is 0 Å². The molecular weight excluding hydrogens is 256 g/mol. The fourth-order valence-electron chi connectivity index (χ4n) is 2.77. The van der Waals surface area contributed by atoms with Gasteiger partial charge < -0.3 is 15.5 Å². The number of nitrogens with zero attached hydrogens (tertiary/aromatic N) is 3. The van der Waals surface area contributed by atoms with Gasteiger partial charge in [0.1, 0.15) is 0 Å². The number of anilines is 1. The van der Waals surface area contributed by atoms with Gasteiger partial charge in [0, 0.05) is 30.6 Å². The summed E-state index contributed by atoms with van der Waals surface area (Å²) in [4.78, 5) is 10.9. The van der Waals surface area contributed by atoms with Crippen LogP contribution >= 0.6 is 11.3 Å². The molecule has 108 valence electrons. The number of rotatable bonds is 5. The third kappa shape index (κ3) is 3.27. The van der Waals surface area contributed by atoms with Crippen molar-refractivity contribution in [1.82, 2.24) is 9.88 Å². The van der Waals surface area contributed by atoms with E-state index in [0.29, 0.717) is 18.5 Å². The summed E-state index contributed by atoms with van der Waals surface area (Å²) < 4.78 is 0. The van der Waals surface area contributed by atoms with Gasteiger partial charge in [-0.15, -0.1) is 11.3 Å². The van der Waals surface area contributed by atoms with Gasteiger partial charge in [0.25, 0.3) is 0 Å². The van der Waals surface area contributed by atoms with E-state index in [9.17, 15) is 0 Å². The first-order valence-electron chi connectivity index (χ1n) is 7.14. The van der Waals surface area contributed by atoms with Crippen molar-refractivity contribution in [3.05, 3.63) is 10.6 Å². The third-order valence-electron chi connectivity index (χ3n) is 3.65. The number of hydrogen-bond donors (Lipinski definition) is 1. The van der Waals surface area contributed by atoms with Crippen LogP contribution in [0.5, 0.6) is 0 Å². The molecule has 0 aliphatic carbocycles. The van der Waals surface area contributed by atoms with Crippen LogP contribution in [0.1, 0.15) is 43.2 Å². The molecule has 0 amide bonds. The topological polar surface area (TPSA) is 45.4 Å². The minimum absolute atomic E-state index is 0.457. The fraction of sp³-hybridized carbons (Fsp3) is 0.786. The third-order valence-corrected chi connectivity index (χ3v) is 4.78. The second kappa shape index (κ2) is 6.20. The highest BCUT2D eigenvalue weighted by Crippen LogP contribution is 2.34. The molecule has 1 aromatic heterocycles. The number of hydrogen-bond acceptors (Lipinski definition) is 5. The van der Waals surface area contributed by atoms with E-state index in [0.717, 1.165) is 13.1 Å². The Morgan fingerprint density at radius 1 is 1.47 bits per heavy atom. The molecule has 1 aliphatic heterocycles. The van der Waals surface area contributed by atoms with Gasteiger partial charge in [-0.25, -0.2) is 4.98 Å². The molecule has 5 heteroatoms. The Balaban J connectivity index is 2.21. The van der Waals surface area contributed by atoms with Gasteiger partial charge in [0.2, 0.25) is 0 Å². The highest BCUT2D eigenvalue weighted by atomic mass is 32.1. The Morgan fingerprint density at radius 2 is 2.21 bits per heavy atom. The molecule has 1 aliphatic rings. The van der Waals surface area contributed by atoms with Crippen LogP contribution in [0, 0.1) is 0 Å². The van der Waals surface area contributed by atoms with Crippen LogP contribution in [0.25, 0.3) is 0 Å². The molecule has 2 N–H and O–H groups in total. The van der Waals surface area contributed by atoms with Crippen molar-refractivity contribution in [2.45, 2.75) is 45.2 Å². The quantitative estimate of drug-likeness (QED) is 0.900. The van der Waals surface area contributed by atoms with Crippen LogP contribution in [-0.2, 0) is 6.54 Å². The Kier molecular flexibility index (Phi) is 4.81. The molecule has 1 atom stereocenters. The fourth-order valence-corrected chi connectivity index (χ4v) is 3.96. The summed E-state index contributed by atoms with van der Waals surface area (Å²) >= 11 is 1.79. The Hall–Kier alpha value is -0.650. The molecule has 1 unspecified atom stereocenters. The zero-order valence-electron chi connectivity index (χ0n) is 12.5. The maximum atomic E-state index is 5.86. The molecule has 1 aromatic rings. The maximum absolute atomic E-state index is 5.86. The van der Waals surface area contributed by atoms with Crippen molar-refractivity contribution in [3.63, 3.8) is 0 Å². The van der Waals surface area contributed by atoms with Crippen molar-refractivity contribution in [1.29, 1.82) is 0 Å². The van der Waals surface area contributed by atoms with Crippen molar-refractivity contribution in [2.75, 3.05) is 32.1 Å². The van der Waals surface area contributed by atoms with E-state index in [-0.39, 0.29) is 0 Å². The summed E-state index contributed by atoms with van der Waals surface area (Å²) in [6.45, 7) is 7.23.